The predicted molar refractivity (Wildman–Crippen MR) is 64.1 cm³/mol. The van der Waals surface area contributed by atoms with Crippen LogP contribution in [0.3, 0.4) is 0 Å². The second kappa shape index (κ2) is 4.77. The highest BCUT2D eigenvalue weighted by Crippen LogP contribution is 2.22. The second-order valence-corrected chi connectivity index (χ2v) is 4.36. The summed E-state index contributed by atoms with van der Waals surface area (Å²) in [5.41, 5.74) is 4.48. The van der Waals surface area contributed by atoms with E-state index in [-0.39, 0.29) is 0 Å². The molecule has 1 aromatic carbocycles. The van der Waals surface area contributed by atoms with Crippen LogP contribution in [0.1, 0.15) is 23.1 Å². The van der Waals surface area contributed by atoms with E-state index in [0.717, 1.165) is 6.54 Å². The number of aryl methyl sites for hydroxylation is 1. The van der Waals surface area contributed by atoms with Crippen molar-refractivity contribution < 1.29 is 0 Å². The van der Waals surface area contributed by atoms with Crippen molar-refractivity contribution in [3.63, 3.8) is 0 Å². The van der Waals surface area contributed by atoms with Gasteiger partial charge in [0.05, 0.1) is 0 Å². The van der Waals surface area contributed by atoms with Crippen molar-refractivity contribution in [1.82, 2.24) is 10.6 Å². The average Bonchev–Trinajstić information content (AvgIpc) is 2.29. The number of fused-ring (bicyclic) bond motifs is 1. The minimum Gasteiger partial charge on any atom is -0.317 e. The van der Waals surface area contributed by atoms with Gasteiger partial charge in [0.2, 0.25) is 0 Å². The fourth-order valence-corrected chi connectivity index (χ4v) is 2.37. The molecular formula is C13H20N2. The molecule has 0 saturated carbocycles. The highest BCUT2D eigenvalue weighted by atomic mass is 14.9. The van der Waals surface area contributed by atoms with Crippen molar-refractivity contribution in [1.29, 1.82) is 0 Å². The Hall–Kier alpha value is -0.860. The standard InChI is InChI=1S/C13H20N2/c1-14-9-10-3-4-12-8-13(15-2)6-5-11(12)7-10/h3-4,7,13-15H,5-6,8-9H2,1-2H3. The Morgan fingerprint density at radius 2 is 2.13 bits per heavy atom. The molecule has 0 spiro atoms. The molecule has 2 N–H and O–H groups in total. The smallest absolute Gasteiger partial charge is 0.0202 e. The van der Waals surface area contributed by atoms with E-state index in [1.807, 2.05) is 7.05 Å². The number of benzene rings is 1. The Labute approximate surface area is 92.1 Å². The summed E-state index contributed by atoms with van der Waals surface area (Å²) in [7, 11) is 4.06. The zero-order chi connectivity index (χ0) is 10.7. The van der Waals surface area contributed by atoms with Gasteiger partial charge in [-0.05, 0) is 50.0 Å². The molecule has 0 bridgehead atoms. The third-order valence-electron chi connectivity index (χ3n) is 3.29. The highest BCUT2D eigenvalue weighted by molar-refractivity contribution is 5.34. The van der Waals surface area contributed by atoms with Crippen molar-refractivity contribution in [2.24, 2.45) is 0 Å². The molecule has 15 heavy (non-hydrogen) atoms. The summed E-state index contributed by atoms with van der Waals surface area (Å²) in [5.74, 6) is 0. The van der Waals surface area contributed by atoms with Crippen molar-refractivity contribution in [2.75, 3.05) is 14.1 Å². The van der Waals surface area contributed by atoms with Gasteiger partial charge in [0.15, 0.2) is 0 Å². The van der Waals surface area contributed by atoms with Gasteiger partial charge in [-0.2, -0.15) is 0 Å². The molecule has 1 aliphatic carbocycles. The normalized spacial score (nSPS) is 20.0. The largest absolute Gasteiger partial charge is 0.317 e. The van der Waals surface area contributed by atoms with Crippen LogP contribution in [0, 0.1) is 0 Å². The van der Waals surface area contributed by atoms with E-state index in [2.05, 4.69) is 35.9 Å². The van der Waals surface area contributed by atoms with Crippen LogP contribution in [0.25, 0.3) is 0 Å². The van der Waals surface area contributed by atoms with Crippen molar-refractivity contribution in [2.45, 2.75) is 31.8 Å². The fraction of sp³-hybridized carbons (Fsp3) is 0.538. The lowest BCUT2D eigenvalue weighted by Crippen LogP contribution is -2.31. The zero-order valence-electron chi connectivity index (χ0n) is 9.64. The van der Waals surface area contributed by atoms with Crippen LogP contribution in [-0.2, 0) is 19.4 Å². The topological polar surface area (TPSA) is 24.1 Å². The molecule has 0 amide bonds. The van der Waals surface area contributed by atoms with Gasteiger partial charge >= 0.3 is 0 Å². The summed E-state index contributed by atoms with van der Waals surface area (Å²) in [6.07, 6.45) is 3.68. The van der Waals surface area contributed by atoms with Crippen LogP contribution in [0.2, 0.25) is 0 Å². The maximum atomic E-state index is 3.37. The van der Waals surface area contributed by atoms with E-state index in [1.54, 1.807) is 5.56 Å². The minimum absolute atomic E-state index is 0.674. The van der Waals surface area contributed by atoms with Crippen LogP contribution < -0.4 is 10.6 Å². The highest BCUT2D eigenvalue weighted by Gasteiger charge is 2.16. The van der Waals surface area contributed by atoms with Gasteiger partial charge in [-0.25, -0.2) is 0 Å². The van der Waals surface area contributed by atoms with Gasteiger partial charge < -0.3 is 10.6 Å². The molecule has 2 rings (SSSR count). The lowest BCUT2D eigenvalue weighted by atomic mass is 9.87. The molecule has 1 atom stereocenters. The molecule has 0 radical (unpaired) electrons. The van der Waals surface area contributed by atoms with E-state index in [9.17, 15) is 0 Å². The molecule has 82 valence electrons. The second-order valence-electron chi connectivity index (χ2n) is 4.36. The Balaban J connectivity index is 2.17. The summed E-state index contributed by atoms with van der Waals surface area (Å²) in [6.45, 7) is 0.975. The van der Waals surface area contributed by atoms with Crippen molar-refractivity contribution >= 4 is 0 Å². The van der Waals surface area contributed by atoms with E-state index < -0.39 is 0 Å². The zero-order valence-corrected chi connectivity index (χ0v) is 9.64. The minimum atomic E-state index is 0.674. The molecule has 1 aromatic rings. The first-order valence-electron chi connectivity index (χ1n) is 5.76. The van der Waals surface area contributed by atoms with Crippen LogP contribution in [0.4, 0.5) is 0 Å². The summed E-state index contributed by atoms with van der Waals surface area (Å²) in [6, 6.07) is 7.57. The third kappa shape index (κ3) is 2.39. The average molecular weight is 204 g/mol. The summed E-state index contributed by atoms with van der Waals surface area (Å²) < 4.78 is 0. The molecule has 0 saturated heterocycles. The van der Waals surface area contributed by atoms with Gasteiger partial charge in [-0.1, -0.05) is 18.2 Å². The Morgan fingerprint density at radius 3 is 2.87 bits per heavy atom. The lowest BCUT2D eigenvalue weighted by Gasteiger charge is -2.24. The van der Waals surface area contributed by atoms with Crippen LogP contribution in [0.15, 0.2) is 18.2 Å². The third-order valence-corrected chi connectivity index (χ3v) is 3.29. The molecule has 0 aromatic heterocycles. The van der Waals surface area contributed by atoms with Crippen molar-refractivity contribution in [3.8, 4) is 0 Å². The van der Waals surface area contributed by atoms with E-state index in [0.29, 0.717) is 6.04 Å². The molecule has 0 aliphatic heterocycles. The Kier molecular flexibility index (Phi) is 3.39. The van der Waals surface area contributed by atoms with Crippen LogP contribution >= 0.6 is 0 Å². The van der Waals surface area contributed by atoms with E-state index >= 15 is 0 Å². The van der Waals surface area contributed by atoms with E-state index in [1.165, 1.54) is 30.4 Å². The van der Waals surface area contributed by atoms with Crippen LogP contribution in [-0.4, -0.2) is 20.1 Å². The first kappa shape index (κ1) is 10.7. The van der Waals surface area contributed by atoms with Crippen LogP contribution in [0.5, 0.6) is 0 Å². The predicted octanol–water partition coefficient (Wildman–Crippen LogP) is 1.48. The number of rotatable bonds is 3. The quantitative estimate of drug-likeness (QED) is 0.779. The molecule has 1 unspecified atom stereocenters. The number of likely N-dealkylation sites (N-methyl/N-ethyl adjacent to an activating group) is 1. The van der Waals surface area contributed by atoms with E-state index in [4.69, 9.17) is 0 Å². The Morgan fingerprint density at radius 1 is 1.27 bits per heavy atom. The van der Waals surface area contributed by atoms with Gasteiger partial charge in [0, 0.05) is 12.6 Å². The molecule has 0 heterocycles. The molecule has 2 heteroatoms. The molecular weight excluding hydrogens is 184 g/mol. The summed E-state index contributed by atoms with van der Waals surface area (Å²) in [4.78, 5) is 0. The Bertz CT molecular complexity index is 333. The maximum absolute atomic E-state index is 3.37. The first-order chi connectivity index (χ1) is 7.33. The lowest BCUT2D eigenvalue weighted by molar-refractivity contribution is 0.496. The molecule has 1 aliphatic rings. The SMILES string of the molecule is CNCc1ccc2c(c1)CCC(NC)C2. The van der Waals surface area contributed by atoms with Gasteiger partial charge in [-0.3, -0.25) is 0 Å². The van der Waals surface area contributed by atoms with Crippen molar-refractivity contribution in [3.05, 3.63) is 34.9 Å². The van der Waals surface area contributed by atoms with Gasteiger partial charge in [0.1, 0.15) is 0 Å². The first-order valence-corrected chi connectivity index (χ1v) is 5.76. The fourth-order valence-electron chi connectivity index (χ4n) is 2.37. The number of nitrogens with one attached hydrogen (secondary N) is 2. The monoisotopic (exact) mass is 204 g/mol. The maximum Gasteiger partial charge on any atom is 0.0202 e. The number of hydrogen-bond acceptors (Lipinski definition) is 2. The molecule has 2 nitrogen and oxygen atoms in total. The molecule has 0 fully saturated rings. The number of hydrogen-bond donors (Lipinski definition) is 2. The van der Waals surface area contributed by atoms with Gasteiger partial charge in [-0.15, -0.1) is 0 Å². The summed E-state index contributed by atoms with van der Waals surface area (Å²) >= 11 is 0. The summed E-state index contributed by atoms with van der Waals surface area (Å²) in [5, 5.41) is 6.57. The van der Waals surface area contributed by atoms with Gasteiger partial charge in [0.25, 0.3) is 0 Å².